The van der Waals surface area contributed by atoms with Gasteiger partial charge in [0.25, 0.3) is 6.43 Å². The number of halogens is 4. The first kappa shape index (κ1) is 14.2. The van der Waals surface area contributed by atoms with Crippen molar-refractivity contribution >= 4 is 11.4 Å². The molecule has 0 aliphatic rings. The molecular formula is C14H12F4N2. The summed E-state index contributed by atoms with van der Waals surface area (Å²) in [6.07, 6.45) is -2.71. The average molecular weight is 284 g/mol. The molecule has 0 aliphatic carbocycles. The molecule has 20 heavy (non-hydrogen) atoms. The van der Waals surface area contributed by atoms with E-state index < -0.39 is 18.1 Å². The van der Waals surface area contributed by atoms with Crippen LogP contribution in [0.25, 0.3) is 0 Å². The summed E-state index contributed by atoms with van der Waals surface area (Å²) < 4.78 is 52.1. The number of nitrogen functional groups attached to an aromatic ring is 1. The molecule has 0 aromatic heterocycles. The number of anilines is 2. The molecule has 0 heterocycles. The zero-order chi connectivity index (χ0) is 14.7. The highest BCUT2D eigenvalue weighted by molar-refractivity contribution is 5.58. The van der Waals surface area contributed by atoms with Crippen LogP contribution in [0.5, 0.6) is 0 Å². The van der Waals surface area contributed by atoms with Crippen LogP contribution >= 0.6 is 0 Å². The second-order valence-electron chi connectivity index (χ2n) is 4.24. The van der Waals surface area contributed by atoms with Gasteiger partial charge < -0.3 is 11.1 Å². The molecule has 0 aliphatic heterocycles. The molecule has 0 radical (unpaired) electrons. The third kappa shape index (κ3) is 3.20. The van der Waals surface area contributed by atoms with Crippen molar-refractivity contribution in [3.05, 3.63) is 59.2 Å². The van der Waals surface area contributed by atoms with Gasteiger partial charge in [-0.2, -0.15) is 0 Å². The van der Waals surface area contributed by atoms with E-state index in [2.05, 4.69) is 5.32 Å². The Bertz CT molecular complexity index is 614. The van der Waals surface area contributed by atoms with Crippen LogP contribution in [0.3, 0.4) is 0 Å². The Kier molecular flexibility index (Phi) is 4.12. The number of hydrogen-bond acceptors (Lipinski definition) is 2. The minimum atomic E-state index is -2.71. The Morgan fingerprint density at radius 1 is 1.05 bits per heavy atom. The van der Waals surface area contributed by atoms with Crippen molar-refractivity contribution in [3.63, 3.8) is 0 Å². The molecule has 0 saturated carbocycles. The SMILES string of the molecule is Nc1ccc(NCc2cc(F)ccc2F)c(C(F)F)c1. The Labute approximate surface area is 113 Å². The first-order valence-corrected chi connectivity index (χ1v) is 5.82. The molecule has 0 fully saturated rings. The molecule has 6 heteroatoms. The highest BCUT2D eigenvalue weighted by atomic mass is 19.3. The minimum absolute atomic E-state index is 0.0574. The van der Waals surface area contributed by atoms with Crippen molar-refractivity contribution in [2.24, 2.45) is 0 Å². The lowest BCUT2D eigenvalue weighted by Gasteiger charge is -2.13. The Morgan fingerprint density at radius 2 is 1.80 bits per heavy atom. The van der Waals surface area contributed by atoms with Gasteiger partial charge in [-0.25, -0.2) is 17.6 Å². The van der Waals surface area contributed by atoms with E-state index in [0.29, 0.717) is 0 Å². The van der Waals surface area contributed by atoms with Crippen LogP contribution in [0, 0.1) is 11.6 Å². The molecule has 106 valence electrons. The number of rotatable bonds is 4. The minimum Gasteiger partial charge on any atom is -0.399 e. The average Bonchev–Trinajstić information content (AvgIpc) is 2.40. The van der Waals surface area contributed by atoms with Crippen molar-refractivity contribution in [1.82, 2.24) is 0 Å². The van der Waals surface area contributed by atoms with Crippen LogP contribution in [0.2, 0.25) is 0 Å². The molecule has 2 aromatic rings. The normalized spacial score (nSPS) is 10.8. The van der Waals surface area contributed by atoms with Gasteiger partial charge >= 0.3 is 0 Å². The summed E-state index contributed by atoms with van der Waals surface area (Å²) in [7, 11) is 0. The predicted octanol–water partition coefficient (Wildman–Crippen LogP) is 4.10. The number of benzene rings is 2. The summed E-state index contributed by atoms with van der Waals surface area (Å²) in [6.45, 7) is -0.104. The number of nitrogens with one attached hydrogen (secondary N) is 1. The van der Waals surface area contributed by atoms with E-state index in [0.717, 1.165) is 24.3 Å². The second kappa shape index (κ2) is 5.81. The summed E-state index contributed by atoms with van der Waals surface area (Å²) in [5, 5.41) is 2.66. The van der Waals surface area contributed by atoms with Crippen molar-refractivity contribution < 1.29 is 17.6 Å². The van der Waals surface area contributed by atoms with Gasteiger partial charge in [-0.1, -0.05) is 0 Å². The van der Waals surface area contributed by atoms with Crippen LogP contribution in [-0.4, -0.2) is 0 Å². The third-order valence-corrected chi connectivity index (χ3v) is 2.79. The molecule has 0 amide bonds. The standard InChI is InChI=1S/C14H12F4N2/c15-9-1-3-12(16)8(5-9)7-20-13-4-2-10(19)6-11(13)14(17)18/h1-6,14,20H,7,19H2. The van der Waals surface area contributed by atoms with Crippen LogP contribution < -0.4 is 11.1 Å². The fraction of sp³-hybridized carbons (Fsp3) is 0.143. The van der Waals surface area contributed by atoms with E-state index in [9.17, 15) is 17.6 Å². The number of hydrogen-bond donors (Lipinski definition) is 2. The predicted molar refractivity (Wildman–Crippen MR) is 69.5 cm³/mol. The maximum Gasteiger partial charge on any atom is 0.265 e. The molecule has 2 nitrogen and oxygen atoms in total. The van der Waals surface area contributed by atoms with Crippen molar-refractivity contribution in [3.8, 4) is 0 Å². The summed E-state index contributed by atoms with van der Waals surface area (Å²) in [5.74, 6) is -1.19. The van der Waals surface area contributed by atoms with Gasteiger partial charge in [0.15, 0.2) is 0 Å². The van der Waals surface area contributed by atoms with Gasteiger partial charge in [-0.05, 0) is 36.4 Å². The monoisotopic (exact) mass is 284 g/mol. The maximum atomic E-state index is 13.4. The third-order valence-electron chi connectivity index (χ3n) is 2.79. The second-order valence-corrected chi connectivity index (χ2v) is 4.24. The van der Waals surface area contributed by atoms with Gasteiger partial charge in [0, 0.05) is 29.0 Å². The molecule has 2 aromatic carbocycles. The van der Waals surface area contributed by atoms with Gasteiger partial charge in [0.2, 0.25) is 0 Å². The molecule has 0 atom stereocenters. The van der Waals surface area contributed by atoms with Crippen LogP contribution in [0.4, 0.5) is 28.9 Å². The van der Waals surface area contributed by atoms with Crippen LogP contribution in [0.15, 0.2) is 36.4 Å². The highest BCUT2D eigenvalue weighted by Crippen LogP contribution is 2.29. The van der Waals surface area contributed by atoms with E-state index in [-0.39, 0.29) is 29.0 Å². The fourth-order valence-electron chi connectivity index (χ4n) is 1.79. The largest absolute Gasteiger partial charge is 0.399 e. The number of alkyl halides is 2. The van der Waals surface area contributed by atoms with E-state index >= 15 is 0 Å². The quantitative estimate of drug-likeness (QED) is 0.655. The Hall–Kier alpha value is -2.24. The first-order valence-electron chi connectivity index (χ1n) is 5.82. The van der Waals surface area contributed by atoms with E-state index in [1.807, 2.05) is 0 Å². The van der Waals surface area contributed by atoms with E-state index in [4.69, 9.17) is 5.73 Å². The summed E-state index contributed by atoms with van der Waals surface area (Å²) in [4.78, 5) is 0. The molecule has 2 rings (SSSR count). The van der Waals surface area contributed by atoms with Gasteiger partial charge in [0.05, 0.1) is 0 Å². The zero-order valence-corrected chi connectivity index (χ0v) is 10.3. The smallest absolute Gasteiger partial charge is 0.265 e. The molecule has 3 N–H and O–H groups in total. The molecule has 0 bridgehead atoms. The van der Waals surface area contributed by atoms with Gasteiger partial charge in [-0.3, -0.25) is 0 Å². The molecule has 0 saturated heterocycles. The summed E-state index contributed by atoms with van der Waals surface area (Å²) in [6, 6.07) is 6.98. The highest BCUT2D eigenvalue weighted by Gasteiger charge is 2.13. The van der Waals surface area contributed by atoms with E-state index in [1.165, 1.54) is 12.1 Å². The zero-order valence-electron chi connectivity index (χ0n) is 10.3. The number of nitrogens with two attached hydrogens (primary N) is 1. The summed E-state index contributed by atoms with van der Waals surface area (Å²) in [5.41, 5.74) is 5.58. The van der Waals surface area contributed by atoms with Crippen molar-refractivity contribution in [2.75, 3.05) is 11.1 Å². The fourth-order valence-corrected chi connectivity index (χ4v) is 1.79. The van der Waals surface area contributed by atoms with Crippen LogP contribution in [-0.2, 0) is 6.54 Å². The lowest BCUT2D eigenvalue weighted by atomic mass is 10.1. The van der Waals surface area contributed by atoms with Crippen molar-refractivity contribution in [1.29, 1.82) is 0 Å². The molecule has 0 spiro atoms. The lowest BCUT2D eigenvalue weighted by Crippen LogP contribution is -2.05. The van der Waals surface area contributed by atoms with Crippen LogP contribution in [0.1, 0.15) is 17.6 Å². The topological polar surface area (TPSA) is 38.0 Å². The van der Waals surface area contributed by atoms with E-state index in [1.54, 1.807) is 0 Å². The van der Waals surface area contributed by atoms with Crippen molar-refractivity contribution in [2.45, 2.75) is 13.0 Å². The maximum absolute atomic E-state index is 13.4. The lowest BCUT2D eigenvalue weighted by molar-refractivity contribution is 0.152. The first-order chi connectivity index (χ1) is 9.47. The Balaban J connectivity index is 2.20. The Morgan fingerprint density at radius 3 is 2.50 bits per heavy atom. The van der Waals surface area contributed by atoms with Gasteiger partial charge in [0.1, 0.15) is 11.6 Å². The molecular weight excluding hydrogens is 272 g/mol. The van der Waals surface area contributed by atoms with Gasteiger partial charge in [-0.15, -0.1) is 0 Å². The molecule has 0 unspecified atom stereocenters. The summed E-state index contributed by atoms with van der Waals surface area (Å²) >= 11 is 0.